The molecule has 0 aromatic carbocycles. The highest BCUT2D eigenvalue weighted by molar-refractivity contribution is 5.77. The fourth-order valence-electron chi connectivity index (χ4n) is 2.78. The summed E-state index contributed by atoms with van der Waals surface area (Å²) in [6.45, 7) is 0.908. The summed E-state index contributed by atoms with van der Waals surface area (Å²) in [5.41, 5.74) is -0.639. The van der Waals surface area contributed by atoms with Crippen molar-refractivity contribution in [1.29, 1.82) is 0 Å². The Bertz CT molecular complexity index is 422. The molecular weight excluding hydrogens is 314 g/mol. The van der Waals surface area contributed by atoms with Crippen molar-refractivity contribution in [3.05, 3.63) is 0 Å². The zero-order valence-electron chi connectivity index (χ0n) is 14.1. The number of carbonyl (C=O) groups excluding carboxylic acids is 2. The third kappa shape index (κ3) is 9.34. The number of aliphatic carboxylic acids is 1. The van der Waals surface area contributed by atoms with Crippen LogP contribution in [0.1, 0.15) is 57.8 Å². The molecule has 24 heavy (non-hydrogen) atoms. The summed E-state index contributed by atoms with van der Waals surface area (Å²) >= 11 is 0. The molecule has 0 saturated heterocycles. The van der Waals surface area contributed by atoms with Crippen LogP contribution in [-0.2, 0) is 9.59 Å². The number of hydrogen-bond acceptors (Lipinski definition) is 4. The molecule has 0 heterocycles. The predicted molar refractivity (Wildman–Crippen MR) is 88.5 cm³/mol. The SMILES string of the molecule is O=C(O)CCNC(=O)CCCNC(=O)NCCC1(O)CCCCC1. The van der Waals surface area contributed by atoms with Gasteiger partial charge in [0.1, 0.15) is 0 Å². The quantitative estimate of drug-likeness (QED) is 0.374. The van der Waals surface area contributed by atoms with E-state index >= 15 is 0 Å². The maximum atomic E-state index is 11.6. The number of aliphatic hydroxyl groups is 1. The third-order valence-electron chi connectivity index (χ3n) is 4.19. The molecule has 8 heteroatoms. The fourth-order valence-corrected chi connectivity index (χ4v) is 2.78. The summed E-state index contributed by atoms with van der Waals surface area (Å²) in [6, 6.07) is -0.305. The van der Waals surface area contributed by atoms with E-state index in [0.717, 1.165) is 25.7 Å². The van der Waals surface area contributed by atoms with Crippen LogP contribution in [0.3, 0.4) is 0 Å². The van der Waals surface area contributed by atoms with Gasteiger partial charge in [-0.1, -0.05) is 19.3 Å². The molecule has 0 unspecified atom stereocenters. The number of carboxylic acids is 1. The highest BCUT2D eigenvalue weighted by atomic mass is 16.4. The van der Waals surface area contributed by atoms with Crippen LogP contribution in [0.2, 0.25) is 0 Å². The topological polar surface area (TPSA) is 128 Å². The second kappa shape index (κ2) is 10.9. The van der Waals surface area contributed by atoms with Crippen molar-refractivity contribution in [3.63, 3.8) is 0 Å². The fraction of sp³-hybridized carbons (Fsp3) is 0.812. The molecule has 1 rings (SSSR count). The summed E-state index contributed by atoms with van der Waals surface area (Å²) in [7, 11) is 0. The molecule has 0 aliphatic heterocycles. The number of rotatable bonds is 10. The van der Waals surface area contributed by atoms with E-state index in [1.165, 1.54) is 6.42 Å². The van der Waals surface area contributed by atoms with Crippen LogP contribution in [0.15, 0.2) is 0 Å². The number of hydrogen-bond donors (Lipinski definition) is 5. The molecule has 138 valence electrons. The van der Waals surface area contributed by atoms with E-state index in [0.29, 0.717) is 25.9 Å². The lowest BCUT2D eigenvalue weighted by molar-refractivity contribution is -0.136. The van der Waals surface area contributed by atoms with Gasteiger partial charge >= 0.3 is 12.0 Å². The van der Waals surface area contributed by atoms with Gasteiger partial charge < -0.3 is 26.2 Å². The lowest BCUT2D eigenvalue weighted by atomic mass is 9.82. The second-order valence-corrected chi connectivity index (χ2v) is 6.31. The lowest BCUT2D eigenvalue weighted by Crippen LogP contribution is -2.41. The van der Waals surface area contributed by atoms with Crippen molar-refractivity contribution < 1.29 is 24.6 Å². The van der Waals surface area contributed by atoms with E-state index < -0.39 is 11.6 Å². The van der Waals surface area contributed by atoms with Crippen LogP contribution >= 0.6 is 0 Å². The standard InChI is InChI=1S/C16H29N3O5/c20-13(17-11-6-14(21)22)5-4-10-18-15(23)19-12-9-16(24)7-2-1-3-8-16/h24H,1-12H2,(H,17,20)(H,21,22)(H2,18,19,23). The first kappa shape index (κ1) is 20.2. The normalized spacial score (nSPS) is 16.2. The molecule has 0 aromatic rings. The minimum absolute atomic E-state index is 0.0985. The van der Waals surface area contributed by atoms with E-state index in [4.69, 9.17) is 5.11 Å². The van der Waals surface area contributed by atoms with Crippen LogP contribution in [0.4, 0.5) is 4.79 Å². The average molecular weight is 343 g/mol. The van der Waals surface area contributed by atoms with Gasteiger partial charge in [0, 0.05) is 26.1 Å². The molecule has 8 nitrogen and oxygen atoms in total. The van der Waals surface area contributed by atoms with Crippen LogP contribution in [0.25, 0.3) is 0 Å². The smallest absolute Gasteiger partial charge is 0.314 e. The average Bonchev–Trinajstić information content (AvgIpc) is 2.52. The van der Waals surface area contributed by atoms with Crippen molar-refractivity contribution in [2.45, 2.75) is 63.4 Å². The number of carboxylic acid groups (broad SMARTS) is 1. The molecular formula is C16H29N3O5. The number of amides is 3. The van der Waals surface area contributed by atoms with E-state index in [-0.39, 0.29) is 31.3 Å². The van der Waals surface area contributed by atoms with Crippen molar-refractivity contribution >= 4 is 17.9 Å². The molecule has 0 atom stereocenters. The van der Waals surface area contributed by atoms with Crippen LogP contribution in [0.5, 0.6) is 0 Å². The molecule has 1 aliphatic rings. The highest BCUT2D eigenvalue weighted by Crippen LogP contribution is 2.30. The molecule has 1 saturated carbocycles. The van der Waals surface area contributed by atoms with Gasteiger partial charge in [-0.3, -0.25) is 9.59 Å². The first-order valence-electron chi connectivity index (χ1n) is 8.64. The number of urea groups is 1. The van der Waals surface area contributed by atoms with Crippen molar-refractivity contribution in [1.82, 2.24) is 16.0 Å². The van der Waals surface area contributed by atoms with Crippen molar-refractivity contribution in [3.8, 4) is 0 Å². The minimum Gasteiger partial charge on any atom is -0.481 e. The summed E-state index contributed by atoms with van der Waals surface area (Å²) < 4.78 is 0. The van der Waals surface area contributed by atoms with Gasteiger partial charge in [-0.05, 0) is 25.7 Å². The molecule has 5 N–H and O–H groups in total. The van der Waals surface area contributed by atoms with Crippen molar-refractivity contribution in [2.24, 2.45) is 0 Å². The zero-order chi connectivity index (χ0) is 17.8. The number of nitrogens with one attached hydrogen (secondary N) is 3. The first-order chi connectivity index (χ1) is 11.4. The van der Waals surface area contributed by atoms with Crippen LogP contribution in [0, 0.1) is 0 Å². The van der Waals surface area contributed by atoms with Crippen LogP contribution in [-0.4, -0.2) is 53.4 Å². The summed E-state index contributed by atoms with van der Waals surface area (Å²) in [4.78, 5) is 33.3. The van der Waals surface area contributed by atoms with Gasteiger partial charge in [0.15, 0.2) is 0 Å². The van der Waals surface area contributed by atoms with Gasteiger partial charge in [-0.2, -0.15) is 0 Å². The highest BCUT2D eigenvalue weighted by Gasteiger charge is 2.28. The molecule has 1 fully saturated rings. The van der Waals surface area contributed by atoms with E-state index in [1.807, 2.05) is 0 Å². The maximum Gasteiger partial charge on any atom is 0.314 e. The monoisotopic (exact) mass is 343 g/mol. The third-order valence-corrected chi connectivity index (χ3v) is 4.19. The molecule has 1 aliphatic carbocycles. The molecule has 0 aromatic heterocycles. The summed E-state index contributed by atoms with van der Waals surface area (Å²) in [6.07, 6.45) is 6.02. The van der Waals surface area contributed by atoms with Gasteiger partial charge in [-0.15, -0.1) is 0 Å². The molecule has 0 radical (unpaired) electrons. The summed E-state index contributed by atoms with van der Waals surface area (Å²) in [5, 5.41) is 26.6. The Morgan fingerprint density at radius 2 is 1.54 bits per heavy atom. The van der Waals surface area contributed by atoms with Gasteiger partial charge in [0.05, 0.1) is 12.0 Å². The van der Waals surface area contributed by atoms with E-state index in [1.54, 1.807) is 0 Å². The second-order valence-electron chi connectivity index (χ2n) is 6.31. The Kier molecular flexibility index (Phi) is 9.14. The van der Waals surface area contributed by atoms with E-state index in [9.17, 15) is 19.5 Å². The Hall–Kier alpha value is -1.83. The van der Waals surface area contributed by atoms with Gasteiger partial charge in [-0.25, -0.2) is 4.79 Å². The van der Waals surface area contributed by atoms with Gasteiger partial charge in [0.25, 0.3) is 0 Å². The largest absolute Gasteiger partial charge is 0.481 e. The molecule has 0 bridgehead atoms. The Morgan fingerprint density at radius 3 is 2.21 bits per heavy atom. The Morgan fingerprint density at radius 1 is 0.875 bits per heavy atom. The maximum absolute atomic E-state index is 11.6. The predicted octanol–water partition coefficient (Wildman–Crippen LogP) is 0.742. The van der Waals surface area contributed by atoms with E-state index in [2.05, 4.69) is 16.0 Å². The lowest BCUT2D eigenvalue weighted by Gasteiger charge is -2.32. The molecule has 3 amide bonds. The zero-order valence-corrected chi connectivity index (χ0v) is 14.1. The Labute approximate surface area is 142 Å². The van der Waals surface area contributed by atoms with Crippen LogP contribution < -0.4 is 16.0 Å². The Balaban J connectivity index is 1.99. The summed E-state index contributed by atoms with van der Waals surface area (Å²) in [5.74, 6) is -1.18. The van der Waals surface area contributed by atoms with Gasteiger partial charge in [0.2, 0.25) is 5.91 Å². The first-order valence-corrected chi connectivity index (χ1v) is 8.64. The minimum atomic E-state index is -0.952. The molecule has 0 spiro atoms. The number of carbonyl (C=O) groups is 3. The van der Waals surface area contributed by atoms with Crippen molar-refractivity contribution in [2.75, 3.05) is 19.6 Å².